The van der Waals surface area contributed by atoms with Gasteiger partial charge in [0.05, 0.1) is 5.52 Å². The number of pyridine rings is 1. The molecule has 0 bridgehead atoms. The Labute approximate surface area is 145 Å². The highest BCUT2D eigenvalue weighted by Crippen LogP contribution is 2.28. The molecule has 0 spiro atoms. The molecule has 1 N–H and O–H groups in total. The Kier molecular flexibility index (Phi) is 5.76. The Morgan fingerprint density at radius 1 is 1.35 bits per heavy atom. The summed E-state index contributed by atoms with van der Waals surface area (Å²) in [5, 5.41) is 14.9. The van der Waals surface area contributed by atoms with Crippen molar-refractivity contribution in [2.45, 2.75) is 27.2 Å². The molecule has 0 aliphatic carbocycles. The van der Waals surface area contributed by atoms with Crippen LogP contribution in [0.15, 0.2) is 34.8 Å². The number of carbonyl (C=O) groups excluding carboxylic acids is 1. The highest BCUT2D eigenvalue weighted by Gasteiger charge is 2.24. The van der Waals surface area contributed by atoms with Gasteiger partial charge in [0.25, 0.3) is 5.91 Å². The van der Waals surface area contributed by atoms with Crippen LogP contribution in [0.3, 0.4) is 0 Å². The van der Waals surface area contributed by atoms with Gasteiger partial charge in [0, 0.05) is 16.4 Å². The van der Waals surface area contributed by atoms with Crippen molar-refractivity contribution in [3.05, 3.63) is 40.5 Å². The third kappa shape index (κ3) is 4.52. The minimum absolute atomic E-state index is 0.0188. The van der Waals surface area contributed by atoms with E-state index in [1.54, 1.807) is 6.07 Å². The topological polar surface area (TPSA) is 65.0 Å². The van der Waals surface area contributed by atoms with E-state index in [2.05, 4.69) is 47.0 Å². The van der Waals surface area contributed by atoms with Crippen LogP contribution in [0.5, 0.6) is 0 Å². The summed E-state index contributed by atoms with van der Waals surface area (Å²) in [7, 11) is 0. The number of amides is 1. The Hall–Kier alpha value is -1.46. The van der Waals surface area contributed by atoms with E-state index in [1.807, 2.05) is 24.3 Å². The van der Waals surface area contributed by atoms with Crippen LogP contribution in [0, 0.1) is 11.3 Å². The van der Waals surface area contributed by atoms with Gasteiger partial charge in [-0.1, -0.05) is 61.3 Å². The third-order valence-corrected chi connectivity index (χ3v) is 4.75. The van der Waals surface area contributed by atoms with E-state index in [4.69, 9.17) is 0 Å². The van der Waals surface area contributed by atoms with Crippen molar-refractivity contribution in [3.8, 4) is 0 Å². The summed E-state index contributed by atoms with van der Waals surface area (Å²) < 4.78 is 0.847. The molecule has 0 fully saturated rings. The van der Waals surface area contributed by atoms with E-state index in [-0.39, 0.29) is 23.8 Å². The van der Waals surface area contributed by atoms with Crippen LogP contribution in [0.2, 0.25) is 0 Å². The first-order chi connectivity index (χ1) is 10.8. The quantitative estimate of drug-likeness (QED) is 0.870. The number of halogens is 1. The predicted molar refractivity (Wildman–Crippen MR) is 94.2 cm³/mol. The maximum Gasteiger partial charge on any atom is 0.269 e. The summed E-state index contributed by atoms with van der Waals surface area (Å²) in [5.74, 6) is -0.0653. The predicted octanol–water partition coefficient (Wildman–Crippen LogP) is 3.14. The van der Waals surface area contributed by atoms with Gasteiger partial charge in [-0.2, -0.15) is 0 Å². The average Bonchev–Trinajstić information content (AvgIpc) is 2.50. The second-order valence-electron chi connectivity index (χ2n) is 6.77. The summed E-state index contributed by atoms with van der Waals surface area (Å²) in [6.45, 7) is 6.62. The number of hydrogen-bond donors (Lipinski definition) is 1. The molecule has 0 saturated carbocycles. The molecule has 23 heavy (non-hydrogen) atoms. The van der Waals surface area contributed by atoms with E-state index in [0.717, 1.165) is 15.4 Å². The summed E-state index contributed by atoms with van der Waals surface area (Å²) in [6, 6.07) is 9.40. The highest BCUT2D eigenvalue weighted by molar-refractivity contribution is 9.10. The molecule has 1 aromatic carbocycles. The lowest BCUT2D eigenvalue weighted by Gasteiger charge is -2.32. The molecule has 1 amide bonds. The number of aromatic nitrogens is 1. The second-order valence-corrected chi connectivity index (χ2v) is 7.63. The first-order valence-corrected chi connectivity index (χ1v) is 8.54. The lowest BCUT2D eigenvalue weighted by molar-refractivity contribution is -0.371. The molecule has 0 aliphatic rings. The van der Waals surface area contributed by atoms with E-state index < -0.39 is 0 Å². The van der Waals surface area contributed by atoms with E-state index in [0.29, 0.717) is 18.7 Å². The Balaban J connectivity index is 2.14. The lowest BCUT2D eigenvalue weighted by atomic mass is 9.79. The number of carbonyl (C=O) groups is 1. The van der Waals surface area contributed by atoms with Crippen LogP contribution in [-0.4, -0.2) is 24.0 Å². The van der Waals surface area contributed by atoms with Crippen LogP contribution in [0.25, 0.3) is 10.9 Å². The summed E-state index contributed by atoms with van der Waals surface area (Å²) in [6.07, 6.45) is 0.554. The third-order valence-electron chi connectivity index (χ3n) is 4.10. The van der Waals surface area contributed by atoms with Crippen LogP contribution in [0.1, 0.15) is 37.7 Å². The number of para-hydroxylation sites is 1. The zero-order valence-electron chi connectivity index (χ0n) is 13.7. The van der Waals surface area contributed by atoms with Gasteiger partial charge in [-0.25, -0.2) is 4.98 Å². The zero-order valence-corrected chi connectivity index (χ0v) is 15.3. The molecule has 1 atom stereocenters. The number of fused-ring (bicyclic) bond motifs is 1. The Bertz CT molecular complexity index is 695. The van der Waals surface area contributed by atoms with E-state index >= 15 is 0 Å². The summed E-state index contributed by atoms with van der Waals surface area (Å²) in [4.78, 5) is 16.8. The minimum Gasteiger partial charge on any atom is -0.854 e. The van der Waals surface area contributed by atoms with E-state index in [9.17, 15) is 9.90 Å². The van der Waals surface area contributed by atoms with Crippen LogP contribution < -0.4 is 10.4 Å². The highest BCUT2D eigenvalue weighted by atomic mass is 79.9. The fourth-order valence-electron chi connectivity index (χ4n) is 2.54. The summed E-state index contributed by atoms with van der Waals surface area (Å²) in [5.41, 5.74) is 1.14. The maximum absolute atomic E-state index is 12.4. The molecule has 2 rings (SSSR count). The van der Waals surface area contributed by atoms with Gasteiger partial charge in [0.1, 0.15) is 5.69 Å². The number of nitrogens with one attached hydrogen (secondary N) is 1. The molecule has 124 valence electrons. The van der Waals surface area contributed by atoms with Gasteiger partial charge in [-0.15, -0.1) is 6.61 Å². The van der Waals surface area contributed by atoms with Gasteiger partial charge in [-0.05, 0) is 23.5 Å². The Morgan fingerprint density at radius 2 is 2.04 bits per heavy atom. The molecule has 0 aliphatic heterocycles. The smallest absolute Gasteiger partial charge is 0.269 e. The molecule has 4 nitrogen and oxygen atoms in total. The van der Waals surface area contributed by atoms with Crippen molar-refractivity contribution in [2.24, 2.45) is 11.3 Å². The lowest BCUT2D eigenvalue weighted by Crippen LogP contribution is -2.37. The van der Waals surface area contributed by atoms with Crippen molar-refractivity contribution in [3.63, 3.8) is 0 Å². The molecule has 2 aromatic rings. The number of rotatable bonds is 5. The van der Waals surface area contributed by atoms with Crippen LogP contribution in [0.4, 0.5) is 0 Å². The van der Waals surface area contributed by atoms with Crippen LogP contribution in [-0.2, 0) is 0 Å². The van der Waals surface area contributed by atoms with Gasteiger partial charge in [0.15, 0.2) is 0 Å². The monoisotopic (exact) mass is 377 g/mol. The van der Waals surface area contributed by atoms with Gasteiger partial charge in [0.2, 0.25) is 0 Å². The van der Waals surface area contributed by atoms with Crippen LogP contribution >= 0.6 is 15.9 Å². The molecular formula is C18H22BrN2O2-. The van der Waals surface area contributed by atoms with Crippen molar-refractivity contribution >= 4 is 32.7 Å². The zero-order chi connectivity index (χ0) is 17.0. The fraction of sp³-hybridized carbons (Fsp3) is 0.444. The average molecular weight is 378 g/mol. The van der Waals surface area contributed by atoms with Gasteiger partial charge >= 0.3 is 0 Å². The molecular weight excluding hydrogens is 356 g/mol. The SMILES string of the molecule is CC(C)(C)[C@H](CC[O-])CNC(=O)c1cc(Br)c2ccccc2n1. The molecule has 0 saturated heterocycles. The number of hydrogen-bond acceptors (Lipinski definition) is 3. The van der Waals surface area contributed by atoms with Crippen molar-refractivity contribution in [1.29, 1.82) is 0 Å². The van der Waals surface area contributed by atoms with Crippen molar-refractivity contribution in [1.82, 2.24) is 10.3 Å². The maximum atomic E-state index is 12.4. The first kappa shape index (κ1) is 17.9. The molecule has 0 radical (unpaired) electrons. The second kappa shape index (κ2) is 7.41. The van der Waals surface area contributed by atoms with Crippen molar-refractivity contribution < 1.29 is 9.90 Å². The minimum atomic E-state index is -0.211. The molecule has 1 heterocycles. The van der Waals surface area contributed by atoms with Gasteiger partial charge < -0.3 is 10.4 Å². The standard InChI is InChI=1S/C18H22BrN2O2/c1-18(2,3)12(8-9-22)11-20-17(23)16-10-14(19)13-6-4-5-7-15(13)21-16/h4-7,10,12H,8-9,11H2,1-3H3,(H,20,23)/q-1/t12-/m1/s1. The molecule has 5 heteroatoms. The number of benzene rings is 1. The largest absolute Gasteiger partial charge is 0.854 e. The Morgan fingerprint density at radius 3 is 2.70 bits per heavy atom. The molecule has 0 unspecified atom stereocenters. The summed E-state index contributed by atoms with van der Waals surface area (Å²) >= 11 is 3.49. The van der Waals surface area contributed by atoms with Crippen molar-refractivity contribution in [2.75, 3.05) is 13.2 Å². The van der Waals surface area contributed by atoms with Gasteiger partial charge in [-0.3, -0.25) is 4.79 Å². The van der Waals surface area contributed by atoms with E-state index in [1.165, 1.54) is 0 Å². The fourth-order valence-corrected chi connectivity index (χ4v) is 3.09. The normalized spacial score (nSPS) is 13.1. The molecule has 1 aromatic heterocycles. The number of nitrogens with zero attached hydrogens (tertiary/aromatic N) is 1. The first-order valence-electron chi connectivity index (χ1n) is 7.74.